The van der Waals surface area contributed by atoms with E-state index in [1.165, 1.54) is 6.07 Å². The van der Waals surface area contributed by atoms with Crippen molar-refractivity contribution in [1.29, 1.82) is 0 Å². The van der Waals surface area contributed by atoms with Crippen LogP contribution in [-0.2, 0) is 19.3 Å². The molecule has 0 N–H and O–H groups in total. The molecule has 0 unspecified atom stereocenters. The van der Waals surface area contributed by atoms with Crippen molar-refractivity contribution in [3.8, 4) is 16.9 Å². The first kappa shape index (κ1) is 22.6. The third-order valence-electron chi connectivity index (χ3n) is 7.18. The van der Waals surface area contributed by atoms with Crippen molar-refractivity contribution in [3.05, 3.63) is 77.3 Å². The van der Waals surface area contributed by atoms with Crippen molar-refractivity contribution in [1.82, 2.24) is 29.4 Å². The van der Waals surface area contributed by atoms with Gasteiger partial charge in [-0.3, -0.25) is 9.20 Å². The Bertz CT molecular complexity index is 1430. The summed E-state index contributed by atoms with van der Waals surface area (Å²) in [4.78, 5) is 21.7. The van der Waals surface area contributed by atoms with Gasteiger partial charge in [-0.15, -0.1) is 10.2 Å². The number of hydrogen-bond acceptors (Lipinski definition) is 6. The molecule has 184 valence electrons. The van der Waals surface area contributed by atoms with Gasteiger partial charge in [-0.2, -0.15) is 0 Å². The zero-order chi connectivity index (χ0) is 24.6. The van der Waals surface area contributed by atoms with E-state index in [-0.39, 0.29) is 11.7 Å². The first-order valence-electron chi connectivity index (χ1n) is 12.3. The molecule has 0 radical (unpaired) electrons. The summed E-state index contributed by atoms with van der Waals surface area (Å²) in [5.41, 5.74) is 4.74. The van der Waals surface area contributed by atoms with Gasteiger partial charge >= 0.3 is 0 Å². The lowest BCUT2D eigenvalue weighted by Gasteiger charge is -2.32. The van der Waals surface area contributed by atoms with E-state index < -0.39 is 0 Å². The Balaban J connectivity index is 1.23. The third-order valence-corrected chi connectivity index (χ3v) is 7.18. The molecule has 36 heavy (non-hydrogen) atoms. The third kappa shape index (κ3) is 4.09. The van der Waals surface area contributed by atoms with Crippen molar-refractivity contribution < 1.29 is 13.9 Å². The number of hydrogen-bond donors (Lipinski definition) is 0. The van der Waals surface area contributed by atoms with Crippen LogP contribution in [0.1, 0.15) is 27.3 Å². The molecule has 9 heteroatoms. The number of nitrogens with zero attached hydrogens (tertiary/aromatic N) is 6. The quantitative estimate of drug-likeness (QED) is 0.432. The van der Waals surface area contributed by atoms with E-state index in [0.29, 0.717) is 36.2 Å². The second-order valence-electron chi connectivity index (χ2n) is 9.39. The summed E-state index contributed by atoms with van der Waals surface area (Å²) >= 11 is 0. The Hall–Kier alpha value is -3.85. The number of piperazine rings is 1. The molecule has 0 bridgehead atoms. The maximum Gasteiger partial charge on any atom is 0.253 e. The highest BCUT2D eigenvalue weighted by Gasteiger charge is 2.22. The Morgan fingerprint density at radius 3 is 2.67 bits per heavy atom. The van der Waals surface area contributed by atoms with Crippen LogP contribution in [0.15, 0.2) is 48.9 Å². The monoisotopic (exact) mass is 486 g/mol. The van der Waals surface area contributed by atoms with Crippen LogP contribution in [0, 0.1) is 5.82 Å². The van der Waals surface area contributed by atoms with Crippen LogP contribution in [-0.4, -0.2) is 75.1 Å². The number of likely N-dealkylation sites (N-methyl/N-ethyl adjacent to an activating group) is 1. The highest BCUT2D eigenvalue weighted by molar-refractivity contribution is 5.95. The predicted octanol–water partition coefficient (Wildman–Crippen LogP) is 3.04. The Kier molecular flexibility index (Phi) is 5.85. The fourth-order valence-corrected chi connectivity index (χ4v) is 5.06. The van der Waals surface area contributed by atoms with Crippen LogP contribution >= 0.6 is 0 Å². The fraction of sp³-hybridized carbons (Fsp3) is 0.333. The van der Waals surface area contributed by atoms with E-state index in [1.54, 1.807) is 18.6 Å². The zero-order valence-electron chi connectivity index (χ0n) is 20.2. The van der Waals surface area contributed by atoms with Crippen LogP contribution in [0.3, 0.4) is 0 Å². The summed E-state index contributed by atoms with van der Waals surface area (Å²) in [7, 11) is 2.07. The molecule has 2 aromatic heterocycles. The Labute approximate surface area is 208 Å². The Morgan fingerprint density at radius 1 is 1.06 bits per heavy atom. The summed E-state index contributed by atoms with van der Waals surface area (Å²) in [6, 6.07) is 10.8. The average molecular weight is 487 g/mol. The topological polar surface area (TPSA) is 75.9 Å². The minimum absolute atomic E-state index is 0.0563. The van der Waals surface area contributed by atoms with E-state index in [4.69, 9.17) is 4.74 Å². The van der Waals surface area contributed by atoms with Gasteiger partial charge in [0.25, 0.3) is 5.91 Å². The molecule has 1 saturated heterocycles. The zero-order valence-corrected chi connectivity index (χ0v) is 20.2. The van der Waals surface area contributed by atoms with Crippen LogP contribution in [0.4, 0.5) is 4.39 Å². The maximum absolute atomic E-state index is 14.6. The molecule has 4 heterocycles. The van der Waals surface area contributed by atoms with Crippen LogP contribution in [0.25, 0.3) is 16.8 Å². The number of halogens is 1. The molecule has 0 atom stereocenters. The van der Waals surface area contributed by atoms with E-state index >= 15 is 0 Å². The summed E-state index contributed by atoms with van der Waals surface area (Å²) in [6.45, 7) is 3.85. The predicted molar refractivity (Wildman–Crippen MR) is 133 cm³/mol. The smallest absolute Gasteiger partial charge is 0.253 e. The molecule has 2 aliphatic rings. The van der Waals surface area contributed by atoms with E-state index in [9.17, 15) is 9.18 Å². The minimum atomic E-state index is -0.206. The number of amides is 1. The van der Waals surface area contributed by atoms with Crippen LogP contribution < -0.4 is 4.74 Å². The second-order valence-corrected chi connectivity index (χ2v) is 9.39. The molecular weight excluding hydrogens is 459 g/mol. The maximum atomic E-state index is 14.6. The minimum Gasteiger partial charge on any atom is -0.493 e. The lowest BCUT2D eigenvalue weighted by atomic mass is 10.00. The molecule has 6 rings (SSSR count). The summed E-state index contributed by atoms with van der Waals surface area (Å²) in [6.07, 6.45) is 5.21. The molecule has 0 aliphatic carbocycles. The van der Waals surface area contributed by atoms with Crippen molar-refractivity contribution in [2.24, 2.45) is 0 Å². The van der Waals surface area contributed by atoms with Crippen molar-refractivity contribution in [3.63, 3.8) is 0 Å². The van der Waals surface area contributed by atoms with Gasteiger partial charge in [0.1, 0.15) is 23.7 Å². The number of benzene rings is 2. The highest BCUT2D eigenvalue weighted by Crippen LogP contribution is 2.31. The molecule has 2 aromatic carbocycles. The lowest BCUT2D eigenvalue weighted by Crippen LogP contribution is -2.47. The normalized spacial score (nSPS) is 15.8. The van der Waals surface area contributed by atoms with Gasteiger partial charge in [-0.1, -0.05) is 12.1 Å². The number of rotatable bonds is 5. The van der Waals surface area contributed by atoms with Gasteiger partial charge in [0.05, 0.1) is 6.61 Å². The molecule has 1 fully saturated rings. The van der Waals surface area contributed by atoms with E-state index in [0.717, 1.165) is 60.9 Å². The van der Waals surface area contributed by atoms with Crippen molar-refractivity contribution in [2.45, 2.75) is 19.3 Å². The summed E-state index contributed by atoms with van der Waals surface area (Å²) in [5.74, 6) is 1.39. The SMILES string of the molecule is CN1CCN(C(=O)c2ccc(-c3cnc(CCc4c(F)ccc5c4CCO5)n4cnnc34)cc2)CC1. The Morgan fingerprint density at radius 2 is 1.86 bits per heavy atom. The molecule has 2 aliphatic heterocycles. The van der Waals surface area contributed by atoms with Gasteiger partial charge in [0, 0.05) is 61.9 Å². The molecule has 4 aromatic rings. The van der Waals surface area contributed by atoms with Gasteiger partial charge in [-0.25, -0.2) is 9.37 Å². The molecule has 8 nitrogen and oxygen atoms in total. The first-order valence-corrected chi connectivity index (χ1v) is 12.3. The number of carbonyl (C=O) groups excluding carboxylic acids is 1. The number of ether oxygens (including phenoxy) is 1. The number of carbonyl (C=O) groups is 1. The van der Waals surface area contributed by atoms with Crippen LogP contribution in [0.2, 0.25) is 0 Å². The molecule has 0 spiro atoms. The molecule has 0 saturated carbocycles. The van der Waals surface area contributed by atoms with E-state index in [1.807, 2.05) is 33.6 Å². The second kappa shape index (κ2) is 9.31. The van der Waals surface area contributed by atoms with Gasteiger partial charge in [0.2, 0.25) is 0 Å². The standard InChI is InChI=1S/C27H27FN6O2/c1-32-11-13-33(14-12-32)27(35)19-4-2-18(3-5-19)22-16-29-25(34-17-30-31-26(22)34)9-6-20-21-10-15-36-24(21)8-7-23(20)28/h2-5,7-8,16-17H,6,9-15H2,1H3. The average Bonchev–Trinajstić information content (AvgIpc) is 3.59. The largest absolute Gasteiger partial charge is 0.493 e. The summed E-state index contributed by atoms with van der Waals surface area (Å²) < 4.78 is 22.0. The molecule has 1 amide bonds. The van der Waals surface area contributed by atoms with Gasteiger partial charge < -0.3 is 14.5 Å². The number of aromatic nitrogens is 4. The lowest BCUT2D eigenvalue weighted by molar-refractivity contribution is 0.0664. The molecular formula is C27H27FN6O2. The van der Waals surface area contributed by atoms with Crippen LogP contribution in [0.5, 0.6) is 5.75 Å². The van der Waals surface area contributed by atoms with Crippen molar-refractivity contribution in [2.75, 3.05) is 39.8 Å². The van der Waals surface area contributed by atoms with Gasteiger partial charge in [0.15, 0.2) is 5.65 Å². The highest BCUT2D eigenvalue weighted by atomic mass is 19.1. The number of aryl methyl sites for hydroxylation is 1. The fourth-order valence-electron chi connectivity index (χ4n) is 5.06. The van der Waals surface area contributed by atoms with Gasteiger partial charge in [-0.05, 0) is 48.9 Å². The van der Waals surface area contributed by atoms with E-state index in [2.05, 4.69) is 27.1 Å². The summed E-state index contributed by atoms with van der Waals surface area (Å²) in [5, 5.41) is 8.43. The first-order chi connectivity index (χ1) is 17.6. The number of fused-ring (bicyclic) bond motifs is 2. The van der Waals surface area contributed by atoms with Crippen molar-refractivity contribution >= 4 is 11.6 Å².